The Bertz CT molecular complexity index is 391. The van der Waals surface area contributed by atoms with Gasteiger partial charge >= 0.3 is 0 Å². The largest absolute Gasteiger partial charge is 0.350 e. The normalized spacial score (nSPS) is 31.0. The molecule has 128 valence electrons. The van der Waals surface area contributed by atoms with Crippen molar-refractivity contribution in [2.24, 2.45) is 11.8 Å². The molecule has 0 aromatic carbocycles. The minimum atomic E-state index is -0.0478. The lowest BCUT2D eigenvalue weighted by molar-refractivity contribution is -0.118. The van der Waals surface area contributed by atoms with Crippen LogP contribution in [-0.2, 0) is 9.59 Å². The van der Waals surface area contributed by atoms with Crippen LogP contribution < -0.4 is 10.6 Å². The molecular weight excluding hydrogens is 288 g/mol. The predicted molar refractivity (Wildman–Crippen MR) is 92.8 cm³/mol. The standard InChI is InChI=1S/C19H30N2O2/c1-3-18(22)20-16-9-5-14(6-10-16)13-15-7-11-17(12-8-15)21-19(23)4-2/h3-4,14-17H,1-2,5-13H2,(H,20,22)(H,21,23). The van der Waals surface area contributed by atoms with Gasteiger partial charge in [-0.05, 0) is 81.8 Å². The van der Waals surface area contributed by atoms with Gasteiger partial charge in [-0.1, -0.05) is 13.2 Å². The molecule has 4 nitrogen and oxygen atoms in total. The summed E-state index contributed by atoms with van der Waals surface area (Å²) in [6.07, 6.45) is 13.3. The summed E-state index contributed by atoms with van der Waals surface area (Å²) >= 11 is 0. The Balaban J connectivity index is 1.64. The third-order valence-electron chi connectivity index (χ3n) is 5.42. The summed E-state index contributed by atoms with van der Waals surface area (Å²) in [7, 11) is 0. The van der Waals surface area contributed by atoms with E-state index in [0.29, 0.717) is 12.1 Å². The highest BCUT2D eigenvalue weighted by atomic mass is 16.2. The lowest BCUT2D eigenvalue weighted by Gasteiger charge is -2.34. The van der Waals surface area contributed by atoms with Crippen molar-refractivity contribution in [3.63, 3.8) is 0 Å². The Hall–Kier alpha value is -1.58. The number of hydrogen-bond acceptors (Lipinski definition) is 2. The van der Waals surface area contributed by atoms with Crippen LogP contribution in [-0.4, -0.2) is 23.9 Å². The van der Waals surface area contributed by atoms with Gasteiger partial charge in [0, 0.05) is 12.1 Å². The van der Waals surface area contributed by atoms with E-state index in [1.54, 1.807) is 0 Å². The van der Waals surface area contributed by atoms with E-state index in [2.05, 4.69) is 23.8 Å². The second-order valence-corrected chi connectivity index (χ2v) is 7.10. The molecule has 0 aromatic rings. The van der Waals surface area contributed by atoms with Crippen LogP contribution in [0.3, 0.4) is 0 Å². The van der Waals surface area contributed by atoms with Gasteiger partial charge in [-0.3, -0.25) is 9.59 Å². The smallest absolute Gasteiger partial charge is 0.243 e. The van der Waals surface area contributed by atoms with E-state index in [1.165, 1.54) is 44.3 Å². The summed E-state index contributed by atoms with van der Waals surface area (Å²) < 4.78 is 0. The number of hydrogen-bond donors (Lipinski definition) is 2. The Morgan fingerprint density at radius 1 is 0.739 bits per heavy atom. The molecular formula is C19H30N2O2. The molecule has 0 saturated heterocycles. The summed E-state index contributed by atoms with van der Waals surface area (Å²) in [6.45, 7) is 7.01. The average molecular weight is 318 g/mol. The van der Waals surface area contributed by atoms with Crippen molar-refractivity contribution < 1.29 is 9.59 Å². The number of amides is 2. The molecule has 23 heavy (non-hydrogen) atoms. The van der Waals surface area contributed by atoms with Gasteiger partial charge < -0.3 is 10.6 Å². The molecule has 2 amide bonds. The zero-order chi connectivity index (χ0) is 16.7. The lowest BCUT2D eigenvalue weighted by atomic mass is 9.75. The fourth-order valence-electron chi connectivity index (χ4n) is 4.08. The van der Waals surface area contributed by atoms with Crippen molar-refractivity contribution in [2.45, 2.75) is 69.9 Å². The van der Waals surface area contributed by atoms with E-state index in [9.17, 15) is 9.59 Å². The summed E-state index contributed by atoms with van der Waals surface area (Å²) in [5.41, 5.74) is 0. The molecule has 4 heteroatoms. The highest BCUT2D eigenvalue weighted by Crippen LogP contribution is 2.35. The van der Waals surface area contributed by atoms with E-state index in [4.69, 9.17) is 0 Å². The van der Waals surface area contributed by atoms with E-state index in [1.807, 2.05) is 0 Å². The zero-order valence-electron chi connectivity index (χ0n) is 14.1. The maximum Gasteiger partial charge on any atom is 0.243 e. The molecule has 0 aliphatic heterocycles. The van der Waals surface area contributed by atoms with Crippen LogP contribution in [0, 0.1) is 11.8 Å². The molecule has 2 N–H and O–H groups in total. The molecule has 2 saturated carbocycles. The quantitative estimate of drug-likeness (QED) is 0.739. The number of carbonyl (C=O) groups is 2. The van der Waals surface area contributed by atoms with Gasteiger partial charge in [0.05, 0.1) is 0 Å². The van der Waals surface area contributed by atoms with Gasteiger partial charge in [0.1, 0.15) is 0 Å². The number of carbonyl (C=O) groups excluding carboxylic acids is 2. The minimum absolute atomic E-state index is 0.0478. The third-order valence-corrected chi connectivity index (χ3v) is 5.42. The fourth-order valence-corrected chi connectivity index (χ4v) is 4.08. The molecule has 0 heterocycles. The Labute approximate surface area is 139 Å². The monoisotopic (exact) mass is 318 g/mol. The van der Waals surface area contributed by atoms with Crippen LogP contribution in [0.15, 0.2) is 25.3 Å². The van der Waals surface area contributed by atoms with Crippen LogP contribution in [0.2, 0.25) is 0 Å². The van der Waals surface area contributed by atoms with E-state index in [0.717, 1.165) is 37.5 Å². The summed E-state index contributed by atoms with van der Waals surface area (Å²) in [6, 6.07) is 0.670. The number of rotatable bonds is 6. The molecule has 2 aliphatic carbocycles. The maximum atomic E-state index is 11.3. The predicted octanol–water partition coefficient (Wildman–Crippen LogP) is 3.10. The molecule has 0 atom stereocenters. The van der Waals surface area contributed by atoms with Crippen LogP contribution in [0.5, 0.6) is 0 Å². The van der Waals surface area contributed by atoms with Gasteiger partial charge in [-0.2, -0.15) is 0 Å². The SMILES string of the molecule is C=CC(=O)NC1CCC(CC2CCC(NC(=O)C=C)CC2)CC1. The maximum absolute atomic E-state index is 11.3. The minimum Gasteiger partial charge on any atom is -0.350 e. The third kappa shape index (κ3) is 5.85. The molecule has 0 spiro atoms. The van der Waals surface area contributed by atoms with E-state index < -0.39 is 0 Å². The van der Waals surface area contributed by atoms with Gasteiger partial charge in [0.25, 0.3) is 0 Å². The van der Waals surface area contributed by atoms with E-state index >= 15 is 0 Å². The van der Waals surface area contributed by atoms with Crippen LogP contribution in [0.25, 0.3) is 0 Å². The first-order chi connectivity index (χ1) is 11.1. The molecule has 0 unspecified atom stereocenters. The molecule has 2 aliphatic rings. The van der Waals surface area contributed by atoms with Crippen LogP contribution in [0.4, 0.5) is 0 Å². The molecule has 0 aromatic heterocycles. The molecule has 0 radical (unpaired) electrons. The topological polar surface area (TPSA) is 58.2 Å². The molecule has 2 rings (SSSR count). The van der Waals surface area contributed by atoms with Crippen molar-refractivity contribution in [1.82, 2.24) is 10.6 Å². The van der Waals surface area contributed by atoms with E-state index in [-0.39, 0.29) is 11.8 Å². The second-order valence-electron chi connectivity index (χ2n) is 7.10. The summed E-state index contributed by atoms with van der Waals surface area (Å²) in [4.78, 5) is 22.7. The van der Waals surface area contributed by atoms with Crippen LogP contribution in [0.1, 0.15) is 57.8 Å². The lowest BCUT2D eigenvalue weighted by Crippen LogP contribution is -2.38. The van der Waals surface area contributed by atoms with Gasteiger partial charge in [0.15, 0.2) is 0 Å². The highest BCUT2D eigenvalue weighted by molar-refractivity contribution is 5.87. The van der Waals surface area contributed by atoms with Gasteiger partial charge in [0.2, 0.25) is 11.8 Å². The first kappa shape index (κ1) is 17.8. The van der Waals surface area contributed by atoms with Crippen molar-refractivity contribution in [3.05, 3.63) is 25.3 Å². The fraction of sp³-hybridized carbons (Fsp3) is 0.684. The zero-order valence-corrected chi connectivity index (χ0v) is 14.1. The first-order valence-electron chi connectivity index (χ1n) is 8.96. The second kappa shape index (κ2) is 8.90. The van der Waals surface area contributed by atoms with Gasteiger partial charge in [-0.25, -0.2) is 0 Å². The highest BCUT2D eigenvalue weighted by Gasteiger charge is 2.27. The Morgan fingerprint density at radius 2 is 1.09 bits per heavy atom. The first-order valence-corrected chi connectivity index (χ1v) is 8.96. The molecule has 2 fully saturated rings. The van der Waals surface area contributed by atoms with Gasteiger partial charge in [-0.15, -0.1) is 0 Å². The van der Waals surface area contributed by atoms with Crippen LogP contribution >= 0.6 is 0 Å². The van der Waals surface area contributed by atoms with Crippen molar-refractivity contribution in [3.8, 4) is 0 Å². The number of nitrogens with one attached hydrogen (secondary N) is 2. The Morgan fingerprint density at radius 3 is 1.39 bits per heavy atom. The Kier molecular flexibility index (Phi) is 6.87. The summed E-state index contributed by atoms with van der Waals surface area (Å²) in [5.74, 6) is 1.51. The van der Waals surface area contributed by atoms with Crippen molar-refractivity contribution in [2.75, 3.05) is 0 Å². The average Bonchev–Trinajstić information content (AvgIpc) is 2.58. The van der Waals surface area contributed by atoms with Crippen molar-refractivity contribution >= 4 is 11.8 Å². The molecule has 0 bridgehead atoms. The van der Waals surface area contributed by atoms with Crippen molar-refractivity contribution in [1.29, 1.82) is 0 Å². The summed E-state index contributed by atoms with van der Waals surface area (Å²) in [5, 5.41) is 6.03.